The molecule has 0 nitrogen and oxygen atoms in total. The van der Waals surface area contributed by atoms with Crippen LogP contribution in [0.25, 0.3) is 0 Å². The lowest BCUT2D eigenvalue weighted by molar-refractivity contribution is 0.742. The Morgan fingerprint density at radius 1 is 1.14 bits per heavy atom. The first kappa shape index (κ1) is 8.52. The summed E-state index contributed by atoms with van der Waals surface area (Å²) in [7, 11) is 0. The van der Waals surface area contributed by atoms with Gasteiger partial charge in [-0.15, -0.1) is 0 Å². The van der Waals surface area contributed by atoms with Gasteiger partial charge >= 0.3 is 0 Å². The molecule has 0 aromatic heterocycles. The van der Waals surface area contributed by atoms with Crippen LogP contribution in [0.3, 0.4) is 0 Å². The van der Waals surface area contributed by atoms with Crippen LogP contribution in [-0.4, -0.2) is 0 Å². The summed E-state index contributed by atoms with van der Waals surface area (Å²) in [5.41, 5.74) is 8.36. The summed E-state index contributed by atoms with van der Waals surface area (Å²) in [6.45, 7) is 4.74. The van der Waals surface area contributed by atoms with Gasteiger partial charge in [-0.1, -0.05) is 13.0 Å². The SMILES string of the molecule is Cc1c2c(cc3c1C(C)CC3)CCC2. The number of rotatable bonds is 0. The predicted octanol–water partition coefficient (Wildman–Crippen LogP) is 3.53. The second-order valence-corrected chi connectivity index (χ2v) is 5.01. The van der Waals surface area contributed by atoms with Gasteiger partial charge in [0.25, 0.3) is 0 Å². The van der Waals surface area contributed by atoms with E-state index in [2.05, 4.69) is 19.9 Å². The van der Waals surface area contributed by atoms with Gasteiger partial charge in [-0.2, -0.15) is 0 Å². The highest BCUT2D eigenvalue weighted by Gasteiger charge is 2.25. The Hall–Kier alpha value is -0.780. The van der Waals surface area contributed by atoms with E-state index in [1.807, 2.05) is 0 Å². The lowest BCUT2D eigenvalue weighted by Gasteiger charge is -2.13. The van der Waals surface area contributed by atoms with Crippen molar-refractivity contribution in [2.75, 3.05) is 0 Å². The number of fused-ring (bicyclic) bond motifs is 2. The molecule has 0 amide bonds. The van der Waals surface area contributed by atoms with Crippen LogP contribution in [0, 0.1) is 6.92 Å². The fraction of sp³-hybridized carbons (Fsp3) is 0.571. The van der Waals surface area contributed by atoms with Gasteiger partial charge in [0.2, 0.25) is 0 Å². The average molecular weight is 186 g/mol. The first-order chi connectivity index (χ1) is 6.77. The van der Waals surface area contributed by atoms with Crippen molar-refractivity contribution in [3.05, 3.63) is 33.9 Å². The molecule has 1 aromatic rings. The van der Waals surface area contributed by atoms with E-state index in [-0.39, 0.29) is 0 Å². The molecule has 14 heavy (non-hydrogen) atoms. The molecule has 0 radical (unpaired) electrons. The Morgan fingerprint density at radius 3 is 2.86 bits per heavy atom. The third-order valence-corrected chi connectivity index (χ3v) is 4.15. The van der Waals surface area contributed by atoms with E-state index >= 15 is 0 Å². The maximum absolute atomic E-state index is 2.51. The van der Waals surface area contributed by atoms with Gasteiger partial charge in [0.1, 0.15) is 0 Å². The molecule has 0 heteroatoms. The average Bonchev–Trinajstić information content (AvgIpc) is 2.74. The smallest absolute Gasteiger partial charge is 0.0182 e. The van der Waals surface area contributed by atoms with Gasteiger partial charge < -0.3 is 0 Å². The summed E-state index contributed by atoms with van der Waals surface area (Å²) >= 11 is 0. The molecule has 2 aliphatic carbocycles. The Bertz CT molecular complexity index is 388. The van der Waals surface area contributed by atoms with Crippen molar-refractivity contribution in [2.45, 2.75) is 51.9 Å². The molecule has 0 saturated carbocycles. The number of aryl methyl sites for hydroxylation is 2. The minimum absolute atomic E-state index is 0.816. The Labute approximate surface area is 86.3 Å². The molecule has 0 spiro atoms. The van der Waals surface area contributed by atoms with Gasteiger partial charge in [-0.3, -0.25) is 0 Å². The second-order valence-electron chi connectivity index (χ2n) is 5.01. The highest BCUT2D eigenvalue weighted by Crippen LogP contribution is 2.40. The molecule has 3 rings (SSSR count). The van der Waals surface area contributed by atoms with Gasteiger partial charge in [0.05, 0.1) is 0 Å². The molecule has 1 unspecified atom stereocenters. The largest absolute Gasteiger partial charge is 0.0584 e. The van der Waals surface area contributed by atoms with Crippen molar-refractivity contribution in [1.29, 1.82) is 0 Å². The van der Waals surface area contributed by atoms with Crippen LogP contribution < -0.4 is 0 Å². The lowest BCUT2D eigenvalue weighted by Crippen LogP contribution is -1.97. The van der Waals surface area contributed by atoms with Gasteiger partial charge in [0, 0.05) is 0 Å². The monoisotopic (exact) mass is 186 g/mol. The molecular weight excluding hydrogens is 168 g/mol. The van der Waals surface area contributed by atoms with Gasteiger partial charge in [-0.05, 0) is 72.8 Å². The van der Waals surface area contributed by atoms with E-state index in [9.17, 15) is 0 Å². The maximum Gasteiger partial charge on any atom is -0.0182 e. The van der Waals surface area contributed by atoms with Crippen LogP contribution in [0.15, 0.2) is 6.07 Å². The van der Waals surface area contributed by atoms with E-state index in [1.54, 1.807) is 27.8 Å². The quantitative estimate of drug-likeness (QED) is 0.581. The third-order valence-electron chi connectivity index (χ3n) is 4.15. The standard InChI is InChI=1S/C14H18/c1-9-6-7-12-8-11-4-3-5-13(11)10(2)14(9)12/h8-9H,3-7H2,1-2H3. The van der Waals surface area contributed by atoms with E-state index in [0.717, 1.165) is 5.92 Å². The van der Waals surface area contributed by atoms with Crippen LogP contribution in [0.1, 0.15) is 53.5 Å². The molecule has 0 heterocycles. The molecule has 2 aliphatic rings. The minimum atomic E-state index is 0.816. The number of hydrogen-bond donors (Lipinski definition) is 0. The van der Waals surface area contributed by atoms with Crippen LogP contribution in [0.2, 0.25) is 0 Å². The van der Waals surface area contributed by atoms with Crippen molar-refractivity contribution in [2.24, 2.45) is 0 Å². The summed E-state index contributed by atoms with van der Waals surface area (Å²) < 4.78 is 0. The lowest BCUT2D eigenvalue weighted by atomic mass is 9.92. The minimum Gasteiger partial charge on any atom is -0.0584 e. The molecule has 1 aromatic carbocycles. The first-order valence-electron chi connectivity index (χ1n) is 5.91. The third kappa shape index (κ3) is 1.00. The molecule has 0 N–H and O–H groups in total. The molecule has 0 fully saturated rings. The van der Waals surface area contributed by atoms with E-state index in [4.69, 9.17) is 0 Å². The maximum atomic E-state index is 2.51. The predicted molar refractivity (Wildman–Crippen MR) is 59.9 cm³/mol. The fourth-order valence-corrected chi connectivity index (χ4v) is 3.46. The summed E-state index contributed by atoms with van der Waals surface area (Å²) in [6.07, 6.45) is 6.75. The molecule has 1 atom stereocenters. The molecule has 74 valence electrons. The zero-order valence-electron chi connectivity index (χ0n) is 9.19. The van der Waals surface area contributed by atoms with Gasteiger partial charge in [-0.25, -0.2) is 0 Å². The van der Waals surface area contributed by atoms with E-state index in [1.165, 1.54) is 32.1 Å². The number of benzene rings is 1. The van der Waals surface area contributed by atoms with Crippen molar-refractivity contribution in [1.82, 2.24) is 0 Å². The van der Waals surface area contributed by atoms with E-state index in [0.29, 0.717) is 0 Å². The molecule has 0 saturated heterocycles. The Balaban J connectivity index is 2.25. The summed E-state index contributed by atoms with van der Waals surface area (Å²) in [4.78, 5) is 0. The van der Waals surface area contributed by atoms with Gasteiger partial charge in [0.15, 0.2) is 0 Å². The first-order valence-corrected chi connectivity index (χ1v) is 5.91. The van der Waals surface area contributed by atoms with Crippen molar-refractivity contribution < 1.29 is 0 Å². The van der Waals surface area contributed by atoms with Crippen LogP contribution >= 0.6 is 0 Å². The van der Waals surface area contributed by atoms with Crippen molar-refractivity contribution >= 4 is 0 Å². The Kier molecular flexibility index (Phi) is 1.74. The van der Waals surface area contributed by atoms with Crippen molar-refractivity contribution in [3.8, 4) is 0 Å². The number of hydrogen-bond acceptors (Lipinski definition) is 0. The summed E-state index contributed by atoms with van der Waals surface area (Å²) in [5, 5.41) is 0. The normalized spacial score (nSPS) is 23.7. The van der Waals surface area contributed by atoms with Crippen molar-refractivity contribution in [3.63, 3.8) is 0 Å². The zero-order valence-corrected chi connectivity index (χ0v) is 9.19. The molecule has 0 bridgehead atoms. The van der Waals surface area contributed by atoms with E-state index < -0.39 is 0 Å². The summed E-state index contributed by atoms with van der Waals surface area (Å²) in [5.74, 6) is 0.816. The van der Waals surface area contributed by atoms with Crippen LogP contribution in [0.5, 0.6) is 0 Å². The highest BCUT2D eigenvalue weighted by atomic mass is 14.3. The second kappa shape index (κ2) is 2.85. The molecule has 0 aliphatic heterocycles. The zero-order chi connectivity index (χ0) is 9.71. The topological polar surface area (TPSA) is 0 Å². The van der Waals surface area contributed by atoms with Crippen LogP contribution in [0.4, 0.5) is 0 Å². The fourth-order valence-electron chi connectivity index (χ4n) is 3.46. The molecular formula is C14H18. The summed E-state index contributed by atoms with van der Waals surface area (Å²) in [6, 6.07) is 2.51. The van der Waals surface area contributed by atoms with Crippen LogP contribution in [-0.2, 0) is 19.3 Å². The highest BCUT2D eigenvalue weighted by molar-refractivity contribution is 5.50. The Morgan fingerprint density at radius 2 is 2.00 bits per heavy atom.